The molecule has 3 heterocycles. The molecule has 0 spiro atoms. The topological polar surface area (TPSA) is 106 Å². The smallest absolute Gasteiger partial charge is 0.430 e. The summed E-state index contributed by atoms with van der Waals surface area (Å²) in [5, 5.41) is 9.90. The van der Waals surface area contributed by atoms with Crippen LogP contribution in [0.3, 0.4) is 0 Å². The Morgan fingerprint density at radius 3 is 2.47 bits per heavy atom. The van der Waals surface area contributed by atoms with Crippen molar-refractivity contribution in [2.24, 2.45) is 0 Å². The molecule has 3 aliphatic heterocycles. The number of carbonyl (C=O) groups excluding carboxylic acids is 1. The summed E-state index contributed by atoms with van der Waals surface area (Å²) in [6, 6.07) is 1.37. The molecule has 0 aliphatic carbocycles. The van der Waals surface area contributed by atoms with E-state index >= 15 is 0 Å². The van der Waals surface area contributed by atoms with Gasteiger partial charge in [0.25, 0.3) is 5.09 Å². The Bertz CT molecular complexity index is 998. The molecule has 0 aromatic heterocycles. The summed E-state index contributed by atoms with van der Waals surface area (Å²) < 4.78 is 62.2. The number of rotatable bonds is 4. The number of carbonyl (C=O) groups is 1. The minimum atomic E-state index is -4.90. The second-order valence-electron chi connectivity index (χ2n) is 7.59. The quantitative estimate of drug-likeness (QED) is 0.368. The first-order chi connectivity index (χ1) is 15.0. The summed E-state index contributed by atoms with van der Waals surface area (Å²) in [6.07, 6.45) is -10.3. The zero-order chi connectivity index (χ0) is 23.4. The number of alkyl halides is 3. The summed E-state index contributed by atoms with van der Waals surface area (Å²) in [5.41, 5.74) is 0.468. The standard InChI is InChI=1S/C19H17ClF3NO8/c1-7-3-11-9(8(2)14(7)20)4-10(17(30-11)19(21,22)23)18(25)31-12-5-28-16-13(32-24(26)27)6-29-15(12)16/h3-4,12-13,15-17H,5-6H2,1-2H3/t12-,13+,15+,16+,17-/m0/s1. The first kappa shape index (κ1) is 22.6. The van der Waals surface area contributed by atoms with Crippen LogP contribution in [0, 0.1) is 24.0 Å². The maximum Gasteiger partial charge on any atom is 0.430 e. The third-order valence-corrected chi connectivity index (χ3v) is 6.08. The molecule has 5 atom stereocenters. The van der Waals surface area contributed by atoms with E-state index in [4.69, 9.17) is 30.5 Å². The lowest BCUT2D eigenvalue weighted by Gasteiger charge is -2.30. The zero-order valence-electron chi connectivity index (χ0n) is 16.7. The zero-order valence-corrected chi connectivity index (χ0v) is 17.4. The number of hydrogen-bond donors (Lipinski definition) is 0. The van der Waals surface area contributed by atoms with Gasteiger partial charge in [0.05, 0.1) is 18.8 Å². The average molecular weight is 480 g/mol. The molecule has 2 saturated heterocycles. The fourth-order valence-corrected chi connectivity index (χ4v) is 4.14. The number of aryl methyl sites for hydroxylation is 1. The van der Waals surface area contributed by atoms with Gasteiger partial charge in [-0.3, -0.25) is 0 Å². The predicted molar refractivity (Wildman–Crippen MR) is 101 cm³/mol. The van der Waals surface area contributed by atoms with Crippen molar-refractivity contribution in [2.45, 2.75) is 50.5 Å². The number of halogens is 4. The Morgan fingerprint density at radius 1 is 1.22 bits per heavy atom. The van der Waals surface area contributed by atoms with Crippen LogP contribution in [0.15, 0.2) is 11.6 Å². The fraction of sp³-hybridized carbons (Fsp3) is 0.526. The molecule has 0 unspecified atom stereocenters. The summed E-state index contributed by atoms with van der Waals surface area (Å²) in [6.45, 7) is 2.82. The van der Waals surface area contributed by atoms with Crippen LogP contribution in [0.2, 0.25) is 5.02 Å². The van der Waals surface area contributed by atoms with Crippen molar-refractivity contribution in [3.63, 3.8) is 0 Å². The van der Waals surface area contributed by atoms with Crippen LogP contribution in [0.5, 0.6) is 5.75 Å². The Balaban J connectivity index is 1.59. The maximum absolute atomic E-state index is 13.7. The Hall–Kier alpha value is -2.57. The lowest BCUT2D eigenvalue weighted by atomic mass is 9.96. The monoisotopic (exact) mass is 479 g/mol. The highest BCUT2D eigenvalue weighted by atomic mass is 35.5. The number of hydrogen-bond acceptors (Lipinski definition) is 8. The Morgan fingerprint density at radius 2 is 1.84 bits per heavy atom. The molecule has 2 fully saturated rings. The largest absolute Gasteiger partial charge is 0.475 e. The van der Waals surface area contributed by atoms with Crippen LogP contribution in [-0.4, -0.2) is 61.0 Å². The highest BCUT2D eigenvalue weighted by Gasteiger charge is 2.53. The molecular formula is C19H17ClF3NO8. The summed E-state index contributed by atoms with van der Waals surface area (Å²) in [5.74, 6) is -1.32. The van der Waals surface area contributed by atoms with Crippen molar-refractivity contribution >= 4 is 23.6 Å². The minimum absolute atomic E-state index is 0.0496. The van der Waals surface area contributed by atoms with E-state index in [0.717, 1.165) is 6.08 Å². The van der Waals surface area contributed by atoms with Crippen LogP contribution in [0.25, 0.3) is 6.08 Å². The Kier molecular flexibility index (Phi) is 5.72. The average Bonchev–Trinajstić information content (AvgIpc) is 3.28. The van der Waals surface area contributed by atoms with Gasteiger partial charge in [-0.2, -0.15) is 13.2 Å². The molecular weight excluding hydrogens is 463 g/mol. The molecule has 13 heteroatoms. The predicted octanol–water partition coefficient (Wildman–Crippen LogP) is 2.95. The van der Waals surface area contributed by atoms with E-state index in [9.17, 15) is 28.1 Å². The van der Waals surface area contributed by atoms with Gasteiger partial charge in [0.1, 0.15) is 18.0 Å². The minimum Gasteiger partial charge on any atom is -0.475 e. The van der Waals surface area contributed by atoms with E-state index in [-0.39, 0.29) is 24.5 Å². The SMILES string of the molecule is Cc1cc2c(c(C)c1Cl)C=C(C(=O)O[C@H]1CO[C@H]3[C@@H]1OC[C@H]3O[N+](=O)[O-])[C@@H](C(F)(F)F)O2. The molecule has 1 aromatic rings. The van der Waals surface area contributed by atoms with Gasteiger partial charge in [0.2, 0.25) is 6.10 Å². The van der Waals surface area contributed by atoms with E-state index in [2.05, 4.69) is 4.84 Å². The van der Waals surface area contributed by atoms with E-state index < -0.39 is 53.3 Å². The molecule has 3 aliphatic rings. The second kappa shape index (κ2) is 8.09. The lowest BCUT2D eigenvalue weighted by Crippen LogP contribution is -2.42. The summed E-state index contributed by atoms with van der Waals surface area (Å²) in [7, 11) is 0. The normalized spacial score (nSPS) is 28.9. The van der Waals surface area contributed by atoms with Crippen molar-refractivity contribution in [2.75, 3.05) is 13.2 Å². The summed E-state index contributed by atoms with van der Waals surface area (Å²) in [4.78, 5) is 27.8. The van der Waals surface area contributed by atoms with Crippen LogP contribution >= 0.6 is 11.6 Å². The first-order valence-corrected chi connectivity index (χ1v) is 9.85. The number of nitrogens with zero attached hydrogens (tertiary/aromatic N) is 1. The third-order valence-electron chi connectivity index (χ3n) is 5.50. The molecule has 0 N–H and O–H groups in total. The molecule has 0 amide bonds. The number of benzene rings is 1. The van der Waals surface area contributed by atoms with Crippen LogP contribution in [-0.2, 0) is 23.8 Å². The number of ether oxygens (including phenoxy) is 4. The van der Waals surface area contributed by atoms with Gasteiger partial charge in [-0.1, -0.05) is 11.6 Å². The number of esters is 1. The van der Waals surface area contributed by atoms with Crippen LogP contribution < -0.4 is 4.74 Å². The van der Waals surface area contributed by atoms with Gasteiger partial charge in [-0.25, -0.2) is 4.79 Å². The fourth-order valence-electron chi connectivity index (χ4n) is 3.98. The molecule has 174 valence electrons. The molecule has 32 heavy (non-hydrogen) atoms. The maximum atomic E-state index is 13.7. The van der Waals surface area contributed by atoms with Crippen molar-refractivity contribution < 1.29 is 46.8 Å². The van der Waals surface area contributed by atoms with E-state index in [1.165, 1.54) is 6.07 Å². The second-order valence-corrected chi connectivity index (χ2v) is 7.97. The van der Waals surface area contributed by atoms with Crippen LogP contribution in [0.4, 0.5) is 13.2 Å². The first-order valence-electron chi connectivity index (χ1n) is 9.47. The molecule has 0 saturated carbocycles. The summed E-state index contributed by atoms with van der Waals surface area (Å²) >= 11 is 6.20. The van der Waals surface area contributed by atoms with Gasteiger partial charge < -0.3 is 23.8 Å². The van der Waals surface area contributed by atoms with Crippen molar-refractivity contribution in [3.8, 4) is 5.75 Å². The van der Waals surface area contributed by atoms with Gasteiger partial charge in [-0.15, -0.1) is 10.1 Å². The highest BCUT2D eigenvalue weighted by molar-refractivity contribution is 6.32. The van der Waals surface area contributed by atoms with Gasteiger partial charge in [0, 0.05) is 10.6 Å². The molecule has 0 bridgehead atoms. The number of fused-ring (bicyclic) bond motifs is 2. The van der Waals surface area contributed by atoms with E-state index in [1.54, 1.807) is 13.8 Å². The molecule has 1 aromatic carbocycles. The van der Waals surface area contributed by atoms with E-state index in [0.29, 0.717) is 16.1 Å². The van der Waals surface area contributed by atoms with Crippen molar-refractivity contribution in [3.05, 3.63) is 43.5 Å². The highest BCUT2D eigenvalue weighted by Crippen LogP contribution is 2.42. The lowest BCUT2D eigenvalue weighted by molar-refractivity contribution is -0.769. The Labute approximate surface area is 184 Å². The molecule has 9 nitrogen and oxygen atoms in total. The van der Waals surface area contributed by atoms with Crippen LogP contribution in [0.1, 0.15) is 16.7 Å². The van der Waals surface area contributed by atoms with Gasteiger partial charge >= 0.3 is 12.1 Å². The van der Waals surface area contributed by atoms with Crippen molar-refractivity contribution in [1.29, 1.82) is 0 Å². The van der Waals surface area contributed by atoms with Crippen molar-refractivity contribution in [1.82, 2.24) is 0 Å². The van der Waals surface area contributed by atoms with E-state index in [1.807, 2.05) is 0 Å². The molecule has 4 rings (SSSR count). The third kappa shape index (κ3) is 3.97. The van der Waals surface area contributed by atoms with Gasteiger partial charge in [-0.05, 0) is 37.1 Å². The molecule has 0 radical (unpaired) electrons. The van der Waals surface area contributed by atoms with Gasteiger partial charge in [0.15, 0.2) is 12.2 Å².